The number of nitro benzene ring substituents is 1. The number of carbonyl (C=O) groups is 2. The fraction of sp³-hybridized carbons (Fsp3) is 0.160. The Morgan fingerprint density at radius 3 is 2.44 bits per heavy atom. The average molecular weight is 491 g/mol. The van der Waals surface area contributed by atoms with E-state index in [-0.39, 0.29) is 22.7 Å². The Morgan fingerprint density at radius 2 is 1.72 bits per heavy atom. The lowest BCUT2D eigenvalue weighted by Crippen LogP contribution is -2.19. The van der Waals surface area contributed by atoms with Gasteiger partial charge in [0, 0.05) is 17.7 Å². The second-order valence-corrected chi connectivity index (χ2v) is 7.39. The van der Waals surface area contributed by atoms with E-state index in [9.17, 15) is 19.7 Å². The molecule has 1 heterocycles. The van der Waals surface area contributed by atoms with E-state index in [1.54, 1.807) is 37.3 Å². The second-order valence-electron chi connectivity index (χ2n) is 7.39. The molecule has 1 aliphatic heterocycles. The lowest BCUT2D eigenvalue weighted by molar-refractivity contribution is -0.384. The molecule has 0 spiro atoms. The quantitative estimate of drug-likeness (QED) is 0.165. The fourth-order valence-corrected chi connectivity index (χ4v) is 3.25. The van der Waals surface area contributed by atoms with E-state index in [4.69, 9.17) is 18.9 Å². The average Bonchev–Trinajstić information content (AvgIpc) is 2.90. The number of hydrogen-bond donors (Lipinski definition) is 1. The predicted molar refractivity (Wildman–Crippen MR) is 128 cm³/mol. The maximum atomic E-state index is 12.5. The number of nitrogens with one attached hydrogen (secondary N) is 1. The van der Waals surface area contributed by atoms with Gasteiger partial charge in [-0.1, -0.05) is 0 Å². The van der Waals surface area contributed by atoms with Gasteiger partial charge in [-0.05, 0) is 61.0 Å². The van der Waals surface area contributed by atoms with Crippen molar-refractivity contribution in [2.45, 2.75) is 6.92 Å². The van der Waals surface area contributed by atoms with Crippen molar-refractivity contribution in [1.29, 1.82) is 0 Å². The molecular formula is C25H21N3O8. The number of nitrogens with zero attached hydrogens (tertiary/aromatic N) is 2. The maximum absolute atomic E-state index is 12.5. The first-order valence-electron chi connectivity index (χ1n) is 10.9. The van der Waals surface area contributed by atoms with Crippen LogP contribution in [-0.2, 0) is 0 Å². The zero-order valence-corrected chi connectivity index (χ0v) is 19.1. The lowest BCUT2D eigenvalue weighted by Gasteiger charge is -2.18. The first-order chi connectivity index (χ1) is 17.4. The SMILES string of the molecule is CCOc1cc(/C=N/NC(=O)c2ccc3c(c2)OCCO3)ccc1OC(=O)c1ccc([N+](=O)[O-])cc1. The topological polar surface area (TPSA) is 139 Å². The second kappa shape index (κ2) is 11.0. The van der Waals surface area contributed by atoms with Crippen LogP contribution in [0, 0.1) is 10.1 Å². The molecule has 1 N–H and O–H groups in total. The molecule has 36 heavy (non-hydrogen) atoms. The normalized spacial score (nSPS) is 12.1. The maximum Gasteiger partial charge on any atom is 0.343 e. The number of nitro groups is 1. The van der Waals surface area contributed by atoms with E-state index >= 15 is 0 Å². The van der Waals surface area contributed by atoms with Gasteiger partial charge >= 0.3 is 5.97 Å². The molecule has 3 aromatic carbocycles. The Bertz CT molecular complexity index is 1320. The molecule has 11 heteroatoms. The highest BCUT2D eigenvalue weighted by Crippen LogP contribution is 2.31. The van der Waals surface area contributed by atoms with Crippen molar-refractivity contribution < 1.29 is 33.5 Å². The Kier molecular flexibility index (Phi) is 7.39. The number of benzene rings is 3. The molecular weight excluding hydrogens is 470 g/mol. The molecule has 0 saturated heterocycles. The van der Waals surface area contributed by atoms with E-state index < -0.39 is 16.8 Å². The van der Waals surface area contributed by atoms with Crippen molar-refractivity contribution in [2.24, 2.45) is 5.10 Å². The summed E-state index contributed by atoms with van der Waals surface area (Å²) in [6.45, 7) is 2.96. The van der Waals surface area contributed by atoms with Gasteiger partial charge in [0.2, 0.25) is 0 Å². The largest absolute Gasteiger partial charge is 0.490 e. The van der Waals surface area contributed by atoms with Crippen molar-refractivity contribution in [1.82, 2.24) is 5.43 Å². The molecule has 0 saturated carbocycles. The van der Waals surface area contributed by atoms with Gasteiger partial charge in [-0.3, -0.25) is 14.9 Å². The summed E-state index contributed by atoms with van der Waals surface area (Å²) in [6.07, 6.45) is 1.42. The number of fused-ring (bicyclic) bond motifs is 1. The summed E-state index contributed by atoms with van der Waals surface area (Å²) in [7, 11) is 0. The van der Waals surface area contributed by atoms with Crippen LogP contribution in [-0.4, -0.2) is 42.8 Å². The third-order valence-electron chi connectivity index (χ3n) is 4.97. The molecule has 0 unspecified atom stereocenters. The molecule has 0 aliphatic carbocycles. The Hall–Kier alpha value is -4.93. The van der Waals surface area contributed by atoms with Crippen LogP contribution in [0.2, 0.25) is 0 Å². The molecule has 0 aromatic heterocycles. The smallest absolute Gasteiger partial charge is 0.343 e. The number of esters is 1. The molecule has 0 atom stereocenters. The zero-order valence-electron chi connectivity index (χ0n) is 19.1. The molecule has 0 bridgehead atoms. The number of non-ortho nitro benzene ring substituents is 1. The number of carbonyl (C=O) groups excluding carboxylic acids is 2. The molecule has 1 amide bonds. The minimum Gasteiger partial charge on any atom is -0.490 e. The number of rotatable bonds is 8. The zero-order chi connectivity index (χ0) is 25.5. The minimum absolute atomic E-state index is 0.133. The van der Waals surface area contributed by atoms with E-state index in [2.05, 4.69) is 10.5 Å². The first kappa shape index (κ1) is 24.2. The van der Waals surface area contributed by atoms with Crippen molar-refractivity contribution in [3.63, 3.8) is 0 Å². The van der Waals surface area contributed by atoms with E-state index in [1.165, 1.54) is 36.5 Å². The van der Waals surface area contributed by atoms with Gasteiger partial charge in [0.05, 0.1) is 23.3 Å². The molecule has 0 fully saturated rings. The van der Waals surface area contributed by atoms with Gasteiger partial charge in [0.15, 0.2) is 23.0 Å². The molecule has 11 nitrogen and oxygen atoms in total. The van der Waals surface area contributed by atoms with E-state index in [1.807, 2.05) is 0 Å². The Morgan fingerprint density at radius 1 is 1.00 bits per heavy atom. The molecule has 4 rings (SSSR count). The van der Waals surface area contributed by atoms with Crippen molar-refractivity contribution in [2.75, 3.05) is 19.8 Å². The van der Waals surface area contributed by atoms with Crippen molar-refractivity contribution in [3.8, 4) is 23.0 Å². The monoisotopic (exact) mass is 491 g/mol. The first-order valence-corrected chi connectivity index (χ1v) is 10.9. The summed E-state index contributed by atoms with van der Waals surface area (Å²) >= 11 is 0. The number of hydrazone groups is 1. The summed E-state index contributed by atoms with van der Waals surface area (Å²) < 4.78 is 21.9. The highest BCUT2D eigenvalue weighted by Gasteiger charge is 2.16. The third-order valence-corrected chi connectivity index (χ3v) is 4.97. The standard InChI is InChI=1S/C25H21N3O8/c1-2-33-22-13-16(3-9-21(22)36-25(30)17-4-7-19(8-5-17)28(31)32)15-26-27-24(29)18-6-10-20-23(14-18)35-12-11-34-20/h3-10,13-15H,2,11-12H2,1H3,(H,27,29)/b26-15+. The van der Waals surface area contributed by atoms with Crippen LogP contribution in [0.4, 0.5) is 5.69 Å². The van der Waals surface area contributed by atoms with Gasteiger partial charge in [-0.25, -0.2) is 10.2 Å². The van der Waals surface area contributed by atoms with E-state index in [0.29, 0.717) is 42.4 Å². The Labute approximate surface area is 205 Å². The molecule has 1 aliphatic rings. The molecule has 3 aromatic rings. The van der Waals surface area contributed by atoms with Crippen LogP contribution in [0.5, 0.6) is 23.0 Å². The van der Waals surface area contributed by atoms with Crippen LogP contribution >= 0.6 is 0 Å². The van der Waals surface area contributed by atoms with Crippen LogP contribution in [0.15, 0.2) is 65.8 Å². The van der Waals surface area contributed by atoms with Crippen LogP contribution in [0.1, 0.15) is 33.2 Å². The van der Waals surface area contributed by atoms with Crippen LogP contribution < -0.4 is 24.4 Å². The van der Waals surface area contributed by atoms with Crippen LogP contribution in [0.25, 0.3) is 0 Å². The fourth-order valence-electron chi connectivity index (χ4n) is 3.25. The van der Waals surface area contributed by atoms with Gasteiger partial charge < -0.3 is 18.9 Å². The molecule has 184 valence electrons. The van der Waals surface area contributed by atoms with Gasteiger partial charge in [-0.15, -0.1) is 0 Å². The predicted octanol–water partition coefficient (Wildman–Crippen LogP) is 3.75. The van der Waals surface area contributed by atoms with Gasteiger partial charge in [0.1, 0.15) is 13.2 Å². The summed E-state index contributed by atoms with van der Waals surface area (Å²) in [6, 6.07) is 14.7. The lowest BCUT2D eigenvalue weighted by atomic mass is 10.2. The summed E-state index contributed by atoms with van der Waals surface area (Å²) in [4.78, 5) is 35.1. The number of amides is 1. The third kappa shape index (κ3) is 5.76. The summed E-state index contributed by atoms with van der Waals surface area (Å²) in [5.41, 5.74) is 3.40. The van der Waals surface area contributed by atoms with Crippen LogP contribution in [0.3, 0.4) is 0 Å². The van der Waals surface area contributed by atoms with Gasteiger partial charge in [0.25, 0.3) is 11.6 Å². The highest BCUT2D eigenvalue weighted by atomic mass is 16.6. The summed E-state index contributed by atoms with van der Waals surface area (Å²) in [5.74, 6) is 0.408. The molecule has 0 radical (unpaired) electrons. The van der Waals surface area contributed by atoms with E-state index in [0.717, 1.165) is 0 Å². The van der Waals surface area contributed by atoms with Crippen molar-refractivity contribution >= 4 is 23.8 Å². The highest BCUT2D eigenvalue weighted by molar-refractivity contribution is 5.95. The minimum atomic E-state index is -0.695. The number of hydrogen-bond acceptors (Lipinski definition) is 9. The summed E-state index contributed by atoms with van der Waals surface area (Å²) in [5, 5.41) is 14.8. The Balaban J connectivity index is 1.42. The van der Waals surface area contributed by atoms with Gasteiger partial charge in [-0.2, -0.15) is 5.10 Å². The van der Waals surface area contributed by atoms with Crippen molar-refractivity contribution in [3.05, 3.63) is 87.5 Å². The number of ether oxygens (including phenoxy) is 4.